The summed E-state index contributed by atoms with van der Waals surface area (Å²) in [7, 11) is 3.66. The summed E-state index contributed by atoms with van der Waals surface area (Å²) in [6.45, 7) is 3.87. The lowest BCUT2D eigenvalue weighted by molar-refractivity contribution is -0.163. The minimum atomic E-state index is -5.43. The number of ether oxygens (including phenoxy) is 3. The lowest BCUT2D eigenvalue weighted by atomic mass is 10.1. The molecule has 0 saturated heterocycles. The number of rotatable bonds is 13. The zero-order valence-electron chi connectivity index (χ0n) is 32.2. The van der Waals surface area contributed by atoms with Crippen molar-refractivity contribution < 1.29 is 59.3 Å². The van der Waals surface area contributed by atoms with Gasteiger partial charge in [0.25, 0.3) is 0 Å². The van der Waals surface area contributed by atoms with Crippen LogP contribution >= 0.6 is 31.9 Å². The van der Waals surface area contributed by atoms with E-state index in [1.807, 2.05) is 27.9 Å². The Kier molecular flexibility index (Phi) is 13.0. The molecule has 0 spiro atoms. The van der Waals surface area contributed by atoms with E-state index in [1.54, 1.807) is 28.4 Å². The largest absolute Gasteiger partial charge is 0.456 e. The number of imidazole rings is 2. The molecule has 0 bridgehead atoms. The Bertz CT molecular complexity index is 2590. The Morgan fingerprint density at radius 3 is 1.85 bits per heavy atom. The first-order valence-electron chi connectivity index (χ1n) is 18.0. The van der Waals surface area contributed by atoms with Crippen molar-refractivity contribution in [3.8, 4) is 23.0 Å². The van der Waals surface area contributed by atoms with Crippen LogP contribution in [0, 0.1) is 5.92 Å². The quantitative estimate of drug-likeness (QED) is 0.0583. The van der Waals surface area contributed by atoms with Crippen LogP contribution in [-0.4, -0.2) is 58.0 Å². The highest BCUT2D eigenvalue weighted by atomic mass is 79.9. The van der Waals surface area contributed by atoms with E-state index in [1.165, 1.54) is 24.3 Å². The van der Waals surface area contributed by atoms with Crippen molar-refractivity contribution >= 4 is 83.4 Å². The van der Waals surface area contributed by atoms with Crippen LogP contribution in [0.4, 0.5) is 42.4 Å². The smallest absolute Gasteiger partial charge is 0.420 e. The summed E-state index contributed by atoms with van der Waals surface area (Å²) in [5.74, 6) is -4.59. The Morgan fingerprint density at radius 2 is 1.31 bits per heavy atom. The number of H-pyrrole nitrogens is 2. The van der Waals surface area contributed by atoms with Gasteiger partial charge in [-0.05, 0) is 91.9 Å². The van der Waals surface area contributed by atoms with E-state index >= 15 is 4.39 Å². The second-order valence-electron chi connectivity index (χ2n) is 14.3. The first-order chi connectivity index (χ1) is 28.5. The van der Waals surface area contributed by atoms with E-state index in [2.05, 4.69) is 56.5 Å². The lowest BCUT2D eigenvalue weighted by Crippen LogP contribution is -2.27. The number of carbonyl (C=O) groups excluding carboxylic acids is 3. The fraction of sp³-hybridized carbons (Fsp3) is 0.275. The molecule has 0 aliphatic rings. The number of carbonyl (C=O) groups is 3. The van der Waals surface area contributed by atoms with Crippen molar-refractivity contribution in [2.45, 2.75) is 51.6 Å². The number of halogens is 9. The van der Waals surface area contributed by atoms with Crippen molar-refractivity contribution in [1.29, 1.82) is 0 Å². The zero-order valence-corrected chi connectivity index (χ0v) is 35.4. The number of anilines is 2. The van der Waals surface area contributed by atoms with Gasteiger partial charge >= 0.3 is 24.3 Å². The molecule has 12 nitrogen and oxygen atoms in total. The molecule has 1 atom stereocenters. The summed E-state index contributed by atoms with van der Waals surface area (Å²) in [5, 5.41) is 1.78. The van der Waals surface area contributed by atoms with Gasteiger partial charge in [-0.15, -0.1) is 0 Å². The molecule has 322 valence electrons. The van der Waals surface area contributed by atoms with Crippen LogP contribution in [0.15, 0.2) is 69.6 Å². The molecule has 6 rings (SSSR count). The summed E-state index contributed by atoms with van der Waals surface area (Å²) in [4.78, 5) is 54.2. The first kappa shape index (κ1) is 44.8. The molecule has 0 radical (unpaired) electrons. The van der Waals surface area contributed by atoms with Crippen LogP contribution in [0.5, 0.6) is 23.0 Å². The average Bonchev–Trinajstić information content (AvgIpc) is 3.75. The molecular weight excluding hydrogens is 953 g/mol. The minimum absolute atomic E-state index is 0.192. The monoisotopic (exact) mass is 984 g/mol. The number of amides is 1. The van der Waals surface area contributed by atoms with Gasteiger partial charge in [-0.3, -0.25) is 9.59 Å². The van der Waals surface area contributed by atoms with Gasteiger partial charge < -0.3 is 34.4 Å². The van der Waals surface area contributed by atoms with Crippen molar-refractivity contribution in [3.05, 3.63) is 92.1 Å². The molecule has 2 aromatic heterocycles. The van der Waals surface area contributed by atoms with Crippen molar-refractivity contribution in [2.75, 3.05) is 24.3 Å². The number of fused-ring (bicyclic) bond motifs is 2. The van der Waals surface area contributed by atoms with Crippen LogP contribution in [-0.2, 0) is 44.3 Å². The van der Waals surface area contributed by atoms with Crippen molar-refractivity contribution in [1.82, 2.24) is 19.9 Å². The van der Waals surface area contributed by atoms with Crippen LogP contribution in [0.25, 0.3) is 22.1 Å². The normalized spacial score (nSPS) is 12.5. The summed E-state index contributed by atoms with van der Waals surface area (Å²) in [5.41, 5.74) is -2.43. The Balaban J connectivity index is 1.10. The summed E-state index contributed by atoms with van der Waals surface area (Å²) >= 11 is 6.72. The number of nitrogens with one attached hydrogen (secondary N) is 3. The number of alkyl halides is 7. The third-order valence-electron chi connectivity index (χ3n) is 8.64. The molecule has 0 aliphatic heterocycles. The fourth-order valence-corrected chi connectivity index (χ4v) is 7.42. The molecule has 0 fully saturated rings. The zero-order chi connectivity index (χ0) is 44.6. The van der Waals surface area contributed by atoms with Gasteiger partial charge in [0, 0.05) is 44.8 Å². The molecule has 2 heterocycles. The highest BCUT2D eigenvalue weighted by molar-refractivity contribution is 9.11. The van der Waals surface area contributed by atoms with Crippen LogP contribution in [0.3, 0.4) is 0 Å². The second-order valence-corrected chi connectivity index (χ2v) is 16.0. The third kappa shape index (κ3) is 11.0. The van der Waals surface area contributed by atoms with Crippen LogP contribution in [0.2, 0.25) is 0 Å². The van der Waals surface area contributed by atoms with Gasteiger partial charge in [0.1, 0.15) is 34.9 Å². The standard InChI is InChI=1S/C40H33Br2F7N6O6/c1-18(2)9-32-51-28-7-5-21(15-30(28)52-32)59-35-23(39(44,45)46)13-20(14-24(35)40(47,48)49)50-33(56)17-34(57)61-37(58)27(43)12-19-10-25(41)36(26(42)11-19)60-22-6-8-29-31(16-22)54-38(53-29)55(3)4/h5-8,10-11,13-16,18,27H,9,12,17H2,1-4H3,(H,50,56)(H,51,52)(H,53,54). The predicted octanol–water partition coefficient (Wildman–Crippen LogP) is 10.8. The Morgan fingerprint density at radius 1 is 0.770 bits per heavy atom. The number of aromatic nitrogens is 4. The lowest BCUT2D eigenvalue weighted by Gasteiger charge is -2.21. The van der Waals surface area contributed by atoms with E-state index in [0.717, 1.165) is 6.07 Å². The van der Waals surface area contributed by atoms with Crippen molar-refractivity contribution in [3.63, 3.8) is 0 Å². The Labute approximate surface area is 358 Å². The maximum absolute atomic E-state index is 15.0. The molecular formula is C40H33Br2F7N6O6. The van der Waals surface area contributed by atoms with E-state index in [-0.39, 0.29) is 29.4 Å². The number of esters is 2. The molecule has 21 heteroatoms. The maximum atomic E-state index is 15.0. The molecule has 3 N–H and O–H groups in total. The number of hydrogen-bond acceptors (Lipinski definition) is 9. The summed E-state index contributed by atoms with van der Waals surface area (Å²) in [6.07, 6.45) is -14.7. The molecule has 0 aliphatic carbocycles. The van der Waals surface area contributed by atoms with E-state index in [4.69, 9.17) is 9.47 Å². The number of nitrogens with zero attached hydrogens (tertiary/aromatic N) is 3. The van der Waals surface area contributed by atoms with Gasteiger partial charge in [-0.1, -0.05) is 13.8 Å². The van der Waals surface area contributed by atoms with E-state index in [9.17, 15) is 40.7 Å². The van der Waals surface area contributed by atoms with Gasteiger partial charge in [-0.2, -0.15) is 26.3 Å². The van der Waals surface area contributed by atoms with Gasteiger partial charge in [0.05, 0.1) is 31.0 Å². The predicted molar refractivity (Wildman–Crippen MR) is 216 cm³/mol. The second kappa shape index (κ2) is 17.7. The molecule has 1 amide bonds. The highest BCUT2D eigenvalue weighted by Gasteiger charge is 2.43. The van der Waals surface area contributed by atoms with Crippen molar-refractivity contribution in [2.24, 2.45) is 5.92 Å². The number of hydrogen-bond donors (Lipinski definition) is 3. The third-order valence-corrected chi connectivity index (χ3v) is 9.82. The van der Waals surface area contributed by atoms with Gasteiger partial charge in [0.2, 0.25) is 18.0 Å². The molecule has 1 unspecified atom stereocenters. The Hall–Kier alpha value is -5.70. The van der Waals surface area contributed by atoms with E-state index in [0.29, 0.717) is 60.7 Å². The topological polar surface area (TPSA) is 152 Å². The van der Waals surface area contributed by atoms with Gasteiger partial charge in [-0.25, -0.2) is 19.2 Å². The maximum Gasteiger partial charge on any atom is 0.420 e. The number of benzene rings is 4. The minimum Gasteiger partial charge on any atom is -0.456 e. The number of aromatic amines is 2. The van der Waals surface area contributed by atoms with Gasteiger partial charge in [0.15, 0.2) is 11.5 Å². The highest BCUT2D eigenvalue weighted by Crippen LogP contribution is 2.48. The molecule has 6 aromatic rings. The average molecular weight is 987 g/mol. The molecule has 61 heavy (non-hydrogen) atoms. The summed E-state index contributed by atoms with van der Waals surface area (Å²) < 4.78 is 117. The summed E-state index contributed by atoms with van der Waals surface area (Å²) in [6, 6.07) is 12.2. The SMILES string of the molecule is CC(C)Cc1nc2ccc(Oc3c(C(F)(F)F)cc(NC(=O)CC(=O)OC(=O)C(F)Cc4cc(Br)c(Oc5ccc6nc(N(C)C)[nH]c6c5)c(Br)c4)cc3C(F)(F)F)cc2[nH]1. The van der Waals surface area contributed by atoms with Crippen LogP contribution in [0.1, 0.15) is 42.8 Å². The fourth-order valence-electron chi connectivity index (χ4n) is 5.97. The molecule has 0 saturated carbocycles. The first-order valence-corrected chi connectivity index (χ1v) is 19.6. The van der Waals surface area contributed by atoms with E-state index < -0.39 is 71.8 Å². The van der Waals surface area contributed by atoms with Crippen LogP contribution < -0.4 is 19.7 Å². The molecule has 4 aromatic carbocycles.